The van der Waals surface area contributed by atoms with Gasteiger partial charge in [0.1, 0.15) is 5.58 Å². The number of benzene rings is 1. The van der Waals surface area contributed by atoms with Crippen LogP contribution < -0.4 is 10.2 Å². The molecule has 0 spiro atoms. The number of anilines is 1. The van der Waals surface area contributed by atoms with Crippen molar-refractivity contribution in [1.29, 1.82) is 0 Å². The molecule has 1 amide bonds. The van der Waals surface area contributed by atoms with E-state index in [0.717, 1.165) is 24.1 Å². The Balaban J connectivity index is 1.39. The van der Waals surface area contributed by atoms with Crippen LogP contribution in [0.1, 0.15) is 16.2 Å². The Morgan fingerprint density at radius 3 is 2.96 bits per heavy atom. The molecule has 0 atom stereocenters. The summed E-state index contributed by atoms with van der Waals surface area (Å²) in [5, 5.41) is 11.6. The van der Waals surface area contributed by atoms with Crippen molar-refractivity contribution in [3.8, 4) is 0 Å². The highest BCUT2D eigenvalue weighted by atomic mass is 16.5. The van der Waals surface area contributed by atoms with E-state index in [1.54, 1.807) is 24.5 Å². The second-order valence-electron chi connectivity index (χ2n) is 5.43. The molecule has 124 valence electrons. The van der Waals surface area contributed by atoms with E-state index in [4.69, 9.17) is 13.6 Å². The lowest BCUT2D eigenvalue weighted by atomic mass is 10.1. The molecule has 24 heavy (non-hydrogen) atoms. The molecule has 3 aromatic rings. The topological polar surface area (TPSA) is 93.6 Å². The van der Waals surface area contributed by atoms with Gasteiger partial charge in [-0.05, 0) is 24.3 Å². The second-order valence-corrected chi connectivity index (χ2v) is 5.43. The van der Waals surface area contributed by atoms with Gasteiger partial charge < -0.3 is 23.8 Å². The lowest BCUT2D eigenvalue weighted by molar-refractivity contribution is 0.0947. The highest BCUT2D eigenvalue weighted by Gasteiger charge is 2.17. The van der Waals surface area contributed by atoms with Gasteiger partial charge in [0.25, 0.3) is 5.91 Å². The van der Waals surface area contributed by atoms with E-state index in [-0.39, 0.29) is 12.5 Å². The fourth-order valence-corrected chi connectivity index (χ4v) is 2.56. The van der Waals surface area contributed by atoms with E-state index in [1.165, 1.54) is 0 Å². The minimum Gasteiger partial charge on any atom is -0.464 e. The van der Waals surface area contributed by atoms with Gasteiger partial charge in [-0.25, -0.2) is 0 Å². The first-order valence-corrected chi connectivity index (χ1v) is 7.70. The maximum atomic E-state index is 12.2. The number of hydrogen-bond acceptors (Lipinski definition) is 7. The summed E-state index contributed by atoms with van der Waals surface area (Å²) >= 11 is 0. The maximum absolute atomic E-state index is 12.2. The first-order valence-electron chi connectivity index (χ1n) is 7.70. The van der Waals surface area contributed by atoms with Crippen LogP contribution in [0.2, 0.25) is 0 Å². The Morgan fingerprint density at radius 2 is 2.08 bits per heavy atom. The van der Waals surface area contributed by atoms with Crippen molar-refractivity contribution in [2.45, 2.75) is 6.54 Å². The molecule has 1 aliphatic heterocycles. The van der Waals surface area contributed by atoms with Crippen LogP contribution >= 0.6 is 0 Å². The van der Waals surface area contributed by atoms with Crippen LogP contribution in [0.5, 0.6) is 0 Å². The third kappa shape index (κ3) is 2.95. The van der Waals surface area contributed by atoms with Gasteiger partial charge in [-0.2, -0.15) is 0 Å². The quantitative estimate of drug-likeness (QED) is 0.777. The van der Waals surface area contributed by atoms with Crippen LogP contribution in [0.4, 0.5) is 6.01 Å². The van der Waals surface area contributed by atoms with E-state index < -0.39 is 0 Å². The van der Waals surface area contributed by atoms with Crippen molar-refractivity contribution in [2.24, 2.45) is 0 Å². The highest BCUT2D eigenvalue weighted by Crippen LogP contribution is 2.17. The molecule has 8 nitrogen and oxygen atoms in total. The number of morpholine rings is 1. The van der Waals surface area contributed by atoms with Crippen molar-refractivity contribution in [3.05, 3.63) is 42.0 Å². The van der Waals surface area contributed by atoms with Gasteiger partial charge >= 0.3 is 6.01 Å². The molecule has 1 aromatic carbocycles. The van der Waals surface area contributed by atoms with Crippen LogP contribution in [0.3, 0.4) is 0 Å². The molecule has 1 fully saturated rings. The number of aromatic nitrogens is 2. The lowest BCUT2D eigenvalue weighted by Gasteiger charge is -2.24. The van der Waals surface area contributed by atoms with Gasteiger partial charge in [0.2, 0.25) is 5.89 Å². The summed E-state index contributed by atoms with van der Waals surface area (Å²) in [6.07, 6.45) is 1.60. The summed E-state index contributed by atoms with van der Waals surface area (Å²) in [6, 6.07) is 7.55. The van der Waals surface area contributed by atoms with Crippen LogP contribution in [0, 0.1) is 0 Å². The summed E-state index contributed by atoms with van der Waals surface area (Å²) in [5.74, 6) is 0.165. The third-order valence-corrected chi connectivity index (χ3v) is 3.85. The average molecular weight is 328 g/mol. The predicted octanol–water partition coefficient (Wildman–Crippen LogP) is 1.58. The van der Waals surface area contributed by atoms with Crippen molar-refractivity contribution >= 4 is 22.9 Å². The van der Waals surface area contributed by atoms with Crippen LogP contribution in [-0.2, 0) is 11.3 Å². The van der Waals surface area contributed by atoms with E-state index in [1.807, 2.05) is 11.0 Å². The van der Waals surface area contributed by atoms with E-state index in [9.17, 15) is 4.79 Å². The second kappa shape index (κ2) is 6.32. The Hall–Kier alpha value is -2.87. The monoisotopic (exact) mass is 328 g/mol. The smallest absolute Gasteiger partial charge is 0.318 e. The minimum atomic E-state index is -0.204. The van der Waals surface area contributed by atoms with E-state index in [0.29, 0.717) is 30.7 Å². The molecule has 0 radical (unpaired) electrons. The first-order chi connectivity index (χ1) is 11.8. The lowest BCUT2D eigenvalue weighted by Crippen LogP contribution is -2.36. The number of hydrogen-bond donors (Lipinski definition) is 1. The fraction of sp³-hybridized carbons (Fsp3) is 0.312. The Bertz CT molecular complexity index is 851. The number of amides is 1. The maximum Gasteiger partial charge on any atom is 0.318 e. The number of carbonyl (C=O) groups excluding carboxylic acids is 1. The zero-order valence-corrected chi connectivity index (χ0v) is 12.9. The number of ether oxygens (including phenoxy) is 1. The number of fused-ring (bicyclic) bond motifs is 1. The SMILES string of the molecule is O=C(NCc1nnc(N2CCOCC2)o1)c1ccc2occc2c1. The Kier molecular flexibility index (Phi) is 3.87. The van der Waals surface area contributed by atoms with Crippen molar-refractivity contribution < 1.29 is 18.4 Å². The summed E-state index contributed by atoms with van der Waals surface area (Å²) in [5.41, 5.74) is 1.30. The predicted molar refractivity (Wildman–Crippen MR) is 84.7 cm³/mol. The van der Waals surface area contributed by atoms with Crippen LogP contribution in [-0.4, -0.2) is 42.4 Å². The molecule has 1 aliphatic rings. The minimum absolute atomic E-state index is 0.180. The Morgan fingerprint density at radius 1 is 1.21 bits per heavy atom. The molecule has 0 bridgehead atoms. The molecule has 1 saturated heterocycles. The van der Waals surface area contributed by atoms with Crippen molar-refractivity contribution in [2.75, 3.05) is 31.2 Å². The van der Waals surface area contributed by atoms with E-state index >= 15 is 0 Å². The number of nitrogens with one attached hydrogen (secondary N) is 1. The van der Waals surface area contributed by atoms with Gasteiger partial charge in [-0.1, -0.05) is 5.10 Å². The Labute approximate surface area is 137 Å². The molecule has 0 aliphatic carbocycles. The molecule has 2 aromatic heterocycles. The van der Waals surface area contributed by atoms with Crippen LogP contribution in [0.25, 0.3) is 11.0 Å². The number of furan rings is 1. The van der Waals surface area contributed by atoms with Crippen LogP contribution in [0.15, 0.2) is 39.4 Å². The largest absolute Gasteiger partial charge is 0.464 e. The summed E-state index contributed by atoms with van der Waals surface area (Å²) in [7, 11) is 0. The summed E-state index contributed by atoms with van der Waals surface area (Å²) < 4.78 is 16.1. The first kappa shape index (κ1) is 14.7. The molecule has 0 saturated carbocycles. The van der Waals surface area contributed by atoms with Gasteiger partial charge in [0.05, 0.1) is 26.0 Å². The standard InChI is InChI=1S/C16H16N4O4/c21-15(12-1-2-13-11(9-12)3-6-23-13)17-10-14-18-19-16(24-14)20-4-7-22-8-5-20/h1-3,6,9H,4-5,7-8,10H2,(H,17,21). The molecular weight excluding hydrogens is 312 g/mol. The normalized spacial score (nSPS) is 14.9. The summed E-state index contributed by atoms with van der Waals surface area (Å²) in [6.45, 7) is 2.91. The average Bonchev–Trinajstić information content (AvgIpc) is 3.29. The van der Waals surface area contributed by atoms with Gasteiger partial charge in [0.15, 0.2) is 0 Å². The van der Waals surface area contributed by atoms with Crippen molar-refractivity contribution in [3.63, 3.8) is 0 Å². The van der Waals surface area contributed by atoms with Gasteiger partial charge in [-0.15, -0.1) is 5.10 Å². The van der Waals surface area contributed by atoms with Gasteiger partial charge in [-0.3, -0.25) is 4.79 Å². The highest BCUT2D eigenvalue weighted by molar-refractivity contribution is 5.97. The van der Waals surface area contributed by atoms with Gasteiger partial charge in [0, 0.05) is 24.0 Å². The number of carbonyl (C=O) groups is 1. The zero-order valence-electron chi connectivity index (χ0n) is 12.9. The molecular formula is C16H16N4O4. The summed E-state index contributed by atoms with van der Waals surface area (Å²) in [4.78, 5) is 14.2. The van der Waals surface area contributed by atoms with Crippen molar-refractivity contribution in [1.82, 2.24) is 15.5 Å². The number of rotatable bonds is 4. The molecule has 0 unspecified atom stereocenters. The zero-order chi connectivity index (χ0) is 16.4. The molecule has 3 heterocycles. The fourth-order valence-electron chi connectivity index (χ4n) is 2.56. The number of nitrogens with zero attached hydrogens (tertiary/aromatic N) is 3. The molecule has 4 rings (SSSR count). The molecule has 1 N–H and O–H groups in total. The molecule has 8 heteroatoms. The third-order valence-electron chi connectivity index (χ3n) is 3.85. The van der Waals surface area contributed by atoms with E-state index in [2.05, 4.69) is 15.5 Å².